The number of hydrogen-bond donors (Lipinski definition) is 1. The summed E-state index contributed by atoms with van der Waals surface area (Å²) < 4.78 is 0. The zero-order valence-corrected chi connectivity index (χ0v) is 28.9. The van der Waals surface area contributed by atoms with Gasteiger partial charge in [0.05, 0.1) is 5.71 Å². The van der Waals surface area contributed by atoms with E-state index in [1.807, 2.05) is 36.4 Å². The number of hydrogen-bond acceptors (Lipinski definition) is 2. The van der Waals surface area contributed by atoms with Crippen LogP contribution in [0.1, 0.15) is 57.9 Å². The van der Waals surface area contributed by atoms with Crippen molar-refractivity contribution in [1.82, 2.24) is 0 Å². The maximum Gasteiger partial charge on any atom is 0.152 e. The van der Waals surface area contributed by atoms with Crippen LogP contribution in [0, 0.1) is 11.3 Å². The van der Waals surface area contributed by atoms with Crippen LogP contribution >= 0.6 is 0 Å². The van der Waals surface area contributed by atoms with Crippen molar-refractivity contribution in [2.24, 2.45) is 10.9 Å². The number of allylic oxidation sites excluding steroid dienone is 8. The standard InChI is InChI=1S/C48H39N3/c1-31-13-12-20-42-43(31)28-39-29-46-36(27-44(39)42)19-11-3-6-14-32(2)51(46)40-23-21-35-25-38-26-37(22-24-41(38)45(35)30-40)48(49)50-47(33-15-7-4-8-16-33)34-17-9-5-10-18-34/h3-12,14-18,20-24,26-27,29-31,49H,2,13,19,25,28H2,1H3/b11-3-,14-6-,49-48?. The van der Waals surface area contributed by atoms with Crippen molar-refractivity contribution in [3.05, 3.63) is 208 Å². The van der Waals surface area contributed by atoms with Crippen molar-refractivity contribution in [3.8, 4) is 11.1 Å². The Morgan fingerprint density at radius 2 is 1.45 bits per heavy atom. The second-order valence-corrected chi connectivity index (χ2v) is 14.0. The molecule has 51 heavy (non-hydrogen) atoms. The molecule has 3 nitrogen and oxygen atoms in total. The minimum Gasteiger partial charge on any atom is -0.311 e. The fourth-order valence-corrected chi connectivity index (χ4v) is 8.19. The van der Waals surface area contributed by atoms with Gasteiger partial charge in [-0.25, -0.2) is 4.99 Å². The Hall–Kier alpha value is -6.06. The van der Waals surface area contributed by atoms with Crippen molar-refractivity contribution in [1.29, 1.82) is 5.41 Å². The van der Waals surface area contributed by atoms with E-state index < -0.39 is 0 Å². The van der Waals surface area contributed by atoms with Crippen molar-refractivity contribution in [2.75, 3.05) is 4.90 Å². The van der Waals surface area contributed by atoms with E-state index in [1.165, 1.54) is 50.2 Å². The Labute approximate surface area is 300 Å². The average Bonchev–Trinajstić information content (AvgIpc) is 3.73. The number of aliphatic imine (C=N–C) groups is 1. The summed E-state index contributed by atoms with van der Waals surface area (Å²) in [5, 5.41) is 9.09. The second-order valence-electron chi connectivity index (χ2n) is 14.0. The van der Waals surface area contributed by atoms with Gasteiger partial charge in [-0.2, -0.15) is 0 Å². The summed E-state index contributed by atoms with van der Waals surface area (Å²) in [4.78, 5) is 7.26. The van der Waals surface area contributed by atoms with Gasteiger partial charge in [0.2, 0.25) is 0 Å². The third-order valence-corrected chi connectivity index (χ3v) is 10.8. The Morgan fingerprint density at radius 3 is 2.24 bits per heavy atom. The normalized spacial score (nSPS) is 18.0. The lowest BCUT2D eigenvalue weighted by molar-refractivity contribution is 0.677. The van der Waals surface area contributed by atoms with E-state index in [1.54, 1.807) is 5.57 Å². The van der Waals surface area contributed by atoms with E-state index in [4.69, 9.17) is 10.4 Å². The molecule has 1 unspecified atom stereocenters. The molecule has 5 aromatic carbocycles. The van der Waals surface area contributed by atoms with Gasteiger partial charge >= 0.3 is 0 Å². The van der Waals surface area contributed by atoms with Crippen LogP contribution in [0.2, 0.25) is 0 Å². The van der Waals surface area contributed by atoms with Crippen LogP contribution in [0.4, 0.5) is 11.4 Å². The molecule has 3 aliphatic carbocycles. The van der Waals surface area contributed by atoms with Gasteiger partial charge in [-0.05, 0) is 113 Å². The molecule has 0 saturated carbocycles. The molecule has 1 aliphatic heterocycles. The van der Waals surface area contributed by atoms with E-state index in [0.717, 1.165) is 59.5 Å². The molecule has 9 rings (SSSR count). The van der Waals surface area contributed by atoms with E-state index in [2.05, 4.69) is 128 Å². The number of fused-ring (bicyclic) bond motifs is 6. The predicted molar refractivity (Wildman–Crippen MR) is 213 cm³/mol. The van der Waals surface area contributed by atoms with Gasteiger partial charge in [-0.3, -0.25) is 5.41 Å². The van der Waals surface area contributed by atoms with Crippen LogP contribution in [0.15, 0.2) is 168 Å². The number of anilines is 2. The third-order valence-electron chi connectivity index (χ3n) is 10.8. The quantitative estimate of drug-likeness (QED) is 0.149. The minimum absolute atomic E-state index is 0.260. The molecule has 1 atom stereocenters. The Morgan fingerprint density at radius 1 is 0.686 bits per heavy atom. The molecule has 0 saturated heterocycles. The summed E-state index contributed by atoms with van der Waals surface area (Å²) in [5.74, 6) is 0.843. The van der Waals surface area contributed by atoms with Gasteiger partial charge in [-0.1, -0.05) is 128 Å². The monoisotopic (exact) mass is 657 g/mol. The third kappa shape index (κ3) is 5.56. The summed E-state index contributed by atoms with van der Waals surface area (Å²) in [7, 11) is 0. The number of rotatable bonds is 4. The molecule has 0 amide bonds. The first-order chi connectivity index (χ1) is 25.0. The van der Waals surface area contributed by atoms with E-state index in [0.29, 0.717) is 5.92 Å². The van der Waals surface area contributed by atoms with E-state index >= 15 is 0 Å². The molecule has 1 N–H and O–H groups in total. The van der Waals surface area contributed by atoms with Crippen molar-refractivity contribution in [2.45, 2.75) is 32.6 Å². The predicted octanol–water partition coefficient (Wildman–Crippen LogP) is 11.3. The lowest BCUT2D eigenvalue weighted by Gasteiger charge is -2.29. The van der Waals surface area contributed by atoms with Crippen molar-refractivity contribution >= 4 is 28.5 Å². The highest BCUT2D eigenvalue weighted by molar-refractivity contribution is 6.19. The van der Waals surface area contributed by atoms with Gasteiger partial charge in [0.25, 0.3) is 0 Å². The average molecular weight is 658 g/mol. The van der Waals surface area contributed by atoms with Crippen molar-refractivity contribution in [3.63, 3.8) is 0 Å². The van der Waals surface area contributed by atoms with Crippen LogP contribution in [-0.2, 0) is 19.3 Å². The molecule has 5 aromatic rings. The topological polar surface area (TPSA) is 39.5 Å². The smallest absolute Gasteiger partial charge is 0.152 e. The summed E-state index contributed by atoms with van der Waals surface area (Å²) in [6, 6.07) is 38.4. The second kappa shape index (κ2) is 12.7. The summed E-state index contributed by atoms with van der Waals surface area (Å²) in [6.07, 6.45) is 17.1. The summed E-state index contributed by atoms with van der Waals surface area (Å²) in [6.45, 7) is 6.94. The van der Waals surface area contributed by atoms with Gasteiger partial charge in [0.1, 0.15) is 0 Å². The van der Waals surface area contributed by atoms with E-state index in [-0.39, 0.29) is 5.84 Å². The molecule has 246 valence electrons. The molecule has 0 fully saturated rings. The van der Waals surface area contributed by atoms with E-state index in [9.17, 15) is 0 Å². The first-order valence-electron chi connectivity index (χ1n) is 17.9. The first-order valence-corrected chi connectivity index (χ1v) is 17.9. The maximum absolute atomic E-state index is 9.09. The lowest BCUT2D eigenvalue weighted by Crippen LogP contribution is -2.16. The van der Waals surface area contributed by atoms with Gasteiger partial charge in [0, 0.05) is 33.8 Å². The minimum atomic E-state index is 0.260. The van der Waals surface area contributed by atoms with Crippen LogP contribution < -0.4 is 4.90 Å². The Bertz CT molecular complexity index is 2360. The van der Waals surface area contributed by atoms with Gasteiger partial charge < -0.3 is 4.90 Å². The highest BCUT2D eigenvalue weighted by Gasteiger charge is 2.29. The van der Waals surface area contributed by atoms with Gasteiger partial charge in [-0.15, -0.1) is 0 Å². The fraction of sp³-hybridized carbons (Fsp3) is 0.125. The largest absolute Gasteiger partial charge is 0.311 e. The molecule has 0 aromatic heterocycles. The summed E-state index contributed by atoms with van der Waals surface area (Å²) >= 11 is 0. The number of benzene rings is 5. The molecular formula is C48H39N3. The number of nitrogens with one attached hydrogen (secondary N) is 1. The lowest BCUT2D eigenvalue weighted by atomic mass is 9.89. The molecule has 3 heteroatoms. The zero-order valence-electron chi connectivity index (χ0n) is 28.9. The van der Waals surface area contributed by atoms with Gasteiger partial charge in [0.15, 0.2) is 5.84 Å². The van der Waals surface area contributed by atoms with Crippen LogP contribution in [-0.4, -0.2) is 11.5 Å². The molecule has 4 aliphatic rings. The molecule has 0 spiro atoms. The number of amidine groups is 1. The Balaban J connectivity index is 1.07. The molecular weight excluding hydrogens is 619 g/mol. The molecule has 0 radical (unpaired) electrons. The van der Waals surface area contributed by atoms with Crippen LogP contribution in [0.5, 0.6) is 0 Å². The maximum atomic E-state index is 9.09. The molecule has 1 heterocycles. The summed E-state index contributed by atoms with van der Waals surface area (Å²) in [5.41, 5.74) is 19.0. The zero-order chi connectivity index (χ0) is 34.5. The van der Waals surface area contributed by atoms with Crippen LogP contribution in [0.25, 0.3) is 16.7 Å². The SMILES string of the molecule is C=C1/C=C\C=C/Cc2cc3c(cc2N1c1ccc2c(c1)-c1ccc(C(=N)N=C(c4ccccc4)c4ccccc4)cc1C2)CC1=C3C=CCC1C. The number of nitrogens with zero attached hydrogens (tertiary/aromatic N) is 2. The molecule has 0 bridgehead atoms. The first kappa shape index (κ1) is 31.0. The van der Waals surface area contributed by atoms with Crippen molar-refractivity contribution < 1.29 is 0 Å². The Kier molecular flexibility index (Phi) is 7.70. The fourth-order valence-electron chi connectivity index (χ4n) is 8.19. The highest BCUT2D eigenvalue weighted by Crippen LogP contribution is 2.46. The highest BCUT2D eigenvalue weighted by atomic mass is 15.1. The van der Waals surface area contributed by atoms with Crippen LogP contribution in [0.3, 0.4) is 0 Å².